The SMILES string of the molecule is CCOC(=O)C(c1ccc(OC)cc1)c1nc2n[nH]c(C3=CC=CCC3)c2c2c1CCCC2. The van der Waals surface area contributed by atoms with E-state index in [1.807, 2.05) is 31.2 Å². The van der Waals surface area contributed by atoms with Crippen LogP contribution in [0.3, 0.4) is 0 Å². The summed E-state index contributed by atoms with van der Waals surface area (Å²) in [4.78, 5) is 18.2. The molecule has 0 aliphatic heterocycles. The van der Waals surface area contributed by atoms with E-state index in [1.165, 1.54) is 16.7 Å². The van der Waals surface area contributed by atoms with Crippen molar-refractivity contribution < 1.29 is 14.3 Å². The number of hydrogen-bond donors (Lipinski definition) is 1. The van der Waals surface area contributed by atoms with Crippen LogP contribution in [-0.4, -0.2) is 34.9 Å². The summed E-state index contributed by atoms with van der Waals surface area (Å²) in [6.45, 7) is 2.16. The van der Waals surface area contributed by atoms with Crippen LogP contribution >= 0.6 is 0 Å². The van der Waals surface area contributed by atoms with Gasteiger partial charge in [0, 0.05) is 5.39 Å². The fraction of sp³-hybridized carbons (Fsp3) is 0.370. The number of allylic oxidation sites excluding steroid dienone is 4. The Morgan fingerprint density at radius 2 is 1.91 bits per heavy atom. The number of nitrogens with zero attached hydrogens (tertiary/aromatic N) is 2. The highest BCUT2D eigenvalue weighted by Gasteiger charge is 2.32. The van der Waals surface area contributed by atoms with Gasteiger partial charge in [-0.25, -0.2) is 4.98 Å². The second-order valence-electron chi connectivity index (χ2n) is 8.58. The molecule has 1 aromatic carbocycles. The summed E-state index contributed by atoms with van der Waals surface area (Å²) >= 11 is 0. The number of pyridine rings is 1. The van der Waals surface area contributed by atoms with Gasteiger partial charge in [0.2, 0.25) is 0 Å². The molecule has 0 amide bonds. The minimum Gasteiger partial charge on any atom is -0.497 e. The van der Waals surface area contributed by atoms with Crippen molar-refractivity contribution in [3.8, 4) is 5.75 Å². The van der Waals surface area contributed by atoms with E-state index in [0.717, 1.165) is 66.6 Å². The number of ether oxygens (including phenoxy) is 2. The Morgan fingerprint density at radius 1 is 1.12 bits per heavy atom. The number of carbonyl (C=O) groups excluding carboxylic acids is 1. The molecule has 2 aliphatic rings. The molecule has 0 saturated heterocycles. The predicted molar refractivity (Wildman–Crippen MR) is 128 cm³/mol. The molecule has 1 N–H and O–H groups in total. The van der Waals surface area contributed by atoms with Crippen molar-refractivity contribution in [1.82, 2.24) is 15.2 Å². The maximum atomic E-state index is 13.2. The van der Waals surface area contributed by atoms with Gasteiger partial charge in [-0.1, -0.05) is 30.4 Å². The molecule has 3 aromatic rings. The molecule has 6 nitrogen and oxygen atoms in total. The summed E-state index contributed by atoms with van der Waals surface area (Å²) in [5, 5.41) is 8.98. The molecule has 170 valence electrons. The Labute approximate surface area is 193 Å². The van der Waals surface area contributed by atoms with Gasteiger partial charge in [0.1, 0.15) is 11.7 Å². The molecular weight excluding hydrogens is 414 g/mol. The van der Waals surface area contributed by atoms with Crippen molar-refractivity contribution in [2.45, 2.75) is 51.4 Å². The second kappa shape index (κ2) is 9.22. The number of nitrogens with one attached hydrogen (secondary N) is 1. The zero-order chi connectivity index (χ0) is 22.8. The summed E-state index contributed by atoms with van der Waals surface area (Å²) < 4.78 is 10.8. The van der Waals surface area contributed by atoms with E-state index in [-0.39, 0.29) is 5.97 Å². The number of benzene rings is 1. The van der Waals surface area contributed by atoms with Gasteiger partial charge >= 0.3 is 5.97 Å². The summed E-state index contributed by atoms with van der Waals surface area (Å²) in [5.41, 5.74) is 7.10. The zero-order valence-corrected chi connectivity index (χ0v) is 19.2. The summed E-state index contributed by atoms with van der Waals surface area (Å²) in [7, 11) is 1.64. The third kappa shape index (κ3) is 3.94. The Bertz CT molecular complexity index is 1240. The van der Waals surface area contributed by atoms with Gasteiger partial charge < -0.3 is 9.47 Å². The van der Waals surface area contributed by atoms with Gasteiger partial charge in [-0.05, 0) is 79.8 Å². The predicted octanol–water partition coefficient (Wildman–Crippen LogP) is 5.27. The van der Waals surface area contributed by atoms with Crippen molar-refractivity contribution >= 4 is 22.6 Å². The van der Waals surface area contributed by atoms with E-state index in [2.05, 4.69) is 28.4 Å². The van der Waals surface area contributed by atoms with E-state index in [9.17, 15) is 4.79 Å². The molecule has 0 fully saturated rings. The quantitative estimate of drug-likeness (QED) is 0.525. The van der Waals surface area contributed by atoms with Crippen molar-refractivity contribution in [3.63, 3.8) is 0 Å². The van der Waals surface area contributed by atoms with E-state index in [4.69, 9.17) is 14.5 Å². The third-order valence-corrected chi connectivity index (χ3v) is 6.63. The molecule has 0 radical (unpaired) electrons. The monoisotopic (exact) mass is 443 g/mol. The fourth-order valence-electron chi connectivity index (χ4n) is 5.05. The van der Waals surface area contributed by atoms with Gasteiger partial charge in [-0.3, -0.25) is 9.89 Å². The molecule has 2 aromatic heterocycles. The van der Waals surface area contributed by atoms with Crippen LogP contribution in [0.1, 0.15) is 66.6 Å². The van der Waals surface area contributed by atoms with Crippen LogP contribution < -0.4 is 4.74 Å². The first kappa shape index (κ1) is 21.4. The number of aromatic amines is 1. The Hall–Kier alpha value is -3.41. The molecule has 0 bridgehead atoms. The number of rotatable bonds is 6. The molecular formula is C27H29N3O3. The number of esters is 1. The summed E-state index contributed by atoms with van der Waals surface area (Å²) in [5.74, 6) is -0.124. The highest BCUT2D eigenvalue weighted by molar-refractivity contribution is 5.93. The maximum absolute atomic E-state index is 13.2. The van der Waals surface area contributed by atoms with Crippen molar-refractivity contribution in [2.24, 2.45) is 0 Å². The number of carbonyl (C=O) groups is 1. The standard InChI is InChI=1S/C27H29N3O3/c1-3-33-27(31)22(17-13-15-19(32-2)16-14-17)25-21-12-8-7-11-20(21)23-24(29-30-26(23)28-25)18-9-5-4-6-10-18/h4-5,9,13-16,22H,3,6-8,10-12H2,1-2H3,(H,28,29,30). The summed E-state index contributed by atoms with van der Waals surface area (Å²) in [6.07, 6.45) is 12.6. The maximum Gasteiger partial charge on any atom is 0.319 e. The lowest BCUT2D eigenvalue weighted by molar-refractivity contribution is -0.143. The largest absolute Gasteiger partial charge is 0.497 e. The lowest BCUT2D eigenvalue weighted by Gasteiger charge is -2.24. The van der Waals surface area contributed by atoms with Gasteiger partial charge in [0.25, 0.3) is 0 Å². The van der Waals surface area contributed by atoms with Gasteiger partial charge in [0.15, 0.2) is 5.65 Å². The molecule has 0 saturated carbocycles. The molecule has 1 atom stereocenters. The zero-order valence-electron chi connectivity index (χ0n) is 19.2. The van der Waals surface area contributed by atoms with E-state index in [1.54, 1.807) is 7.11 Å². The Balaban J connectivity index is 1.70. The van der Waals surface area contributed by atoms with Crippen molar-refractivity contribution in [1.29, 1.82) is 0 Å². The lowest BCUT2D eigenvalue weighted by atomic mass is 9.82. The van der Waals surface area contributed by atoms with Crippen LogP contribution in [0.4, 0.5) is 0 Å². The topological polar surface area (TPSA) is 77.1 Å². The van der Waals surface area contributed by atoms with E-state index >= 15 is 0 Å². The van der Waals surface area contributed by atoms with Crippen LogP contribution in [0.25, 0.3) is 16.6 Å². The molecule has 2 heterocycles. The first-order chi connectivity index (χ1) is 16.2. The molecule has 5 rings (SSSR count). The van der Waals surface area contributed by atoms with Crippen LogP contribution in [0.15, 0.2) is 42.5 Å². The van der Waals surface area contributed by atoms with Crippen molar-refractivity contribution in [2.75, 3.05) is 13.7 Å². The van der Waals surface area contributed by atoms with Gasteiger partial charge in [-0.15, -0.1) is 0 Å². The van der Waals surface area contributed by atoms with Crippen LogP contribution in [0.5, 0.6) is 5.75 Å². The van der Waals surface area contributed by atoms with Crippen LogP contribution in [0, 0.1) is 0 Å². The Kier molecular flexibility index (Phi) is 5.99. The number of H-pyrrole nitrogens is 1. The van der Waals surface area contributed by atoms with Crippen molar-refractivity contribution in [3.05, 3.63) is 70.6 Å². The molecule has 6 heteroatoms. The highest BCUT2D eigenvalue weighted by atomic mass is 16.5. The Morgan fingerprint density at radius 3 is 2.61 bits per heavy atom. The molecule has 2 aliphatic carbocycles. The smallest absolute Gasteiger partial charge is 0.319 e. The van der Waals surface area contributed by atoms with Gasteiger partial charge in [-0.2, -0.15) is 5.10 Å². The number of fused-ring (bicyclic) bond motifs is 3. The van der Waals surface area contributed by atoms with Crippen LogP contribution in [0.2, 0.25) is 0 Å². The number of aryl methyl sites for hydroxylation is 1. The normalized spacial score (nSPS) is 16.2. The average molecular weight is 444 g/mol. The summed E-state index contributed by atoms with van der Waals surface area (Å²) in [6, 6.07) is 7.61. The lowest BCUT2D eigenvalue weighted by Crippen LogP contribution is -2.22. The third-order valence-electron chi connectivity index (χ3n) is 6.63. The van der Waals surface area contributed by atoms with Crippen LogP contribution in [-0.2, 0) is 22.4 Å². The second-order valence-corrected chi connectivity index (χ2v) is 8.58. The van der Waals surface area contributed by atoms with Gasteiger partial charge in [0.05, 0.1) is 25.1 Å². The number of methoxy groups -OCH3 is 1. The first-order valence-corrected chi connectivity index (χ1v) is 11.8. The molecule has 0 spiro atoms. The molecule has 1 unspecified atom stereocenters. The number of aromatic nitrogens is 3. The van der Waals surface area contributed by atoms with E-state index < -0.39 is 5.92 Å². The first-order valence-electron chi connectivity index (χ1n) is 11.8. The fourth-order valence-corrected chi connectivity index (χ4v) is 5.05. The average Bonchev–Trinajstić information content (AvgIpc) is 3.30. The molecule has 33 heavy (non-hydrogen) atoms. The highest BCUT2D eigenvalue weighted by Crippen LogP contribution is 2.39. The number of hydrogen-bond acceptors (Lipinski definition) is 5. The van der Waals surface area contributed by atoms with E-state index in [0.29, 0.717) is 12.3 Å². The minimum atomic E-state index is -0.593. The minimum absolute atomic E-state index is 0.279.